The van der Waals surface area contributed by atoms with Gasteiger partial charge in [0.2, 0.25) is 0 Å². The number of H-pyrrole nitrogens is 1. The molecule has 0 fully saturated rings. The van der Waals surface area contributed by atoms with Crippen molar-refractivity contribution >= 4 is 10.8 Å². The van der Waals surface area contributed by atoms with Crippen LogP contribution in [0.5, 0.6) is 0 Å². The zero-order valence-electron chi connectivity index (χ0n) is 8.67. The van der Waals surface area contributed by atoms with Crippen molar-refractivity contribution in [2.24, 2.45) is 0 Å². The summed E-state index contributed by atoms with van der Waals surface area (Å²) in [6, 6.07) is 4.58. The van der Waals surface area contributed by atoms with Crippen LogP contribution in [0.15, 0.2) is 29.2 Å². The average Bonchev–Trinajstić information content (AvgIpc) is 2.19. The fourth-order valence-electron chi connectivity index (χ4n) is 1.76. The zero-order chi connectivity index (χ0) is 11.0. The number of nitrogens with one attached hydrogen (secondary N) is 1. The molecule has 1 N–H and O–H groups in total. The molecular weight excluding hydrogens is 193 g/mol. The Balaban J connectivity index is 2.97. The molecule has 78 valence electrons. The van der Waals surface area contributed by atoms with Crippen molar-refractivity contribution < 1.29 is 4.39 Å². The van der Waals surface area contributed by atoms with E-state index in [1.54, 1.807) is 18.3 Å². The van der Waals surface area contributed by atoms with E-state index in [1.807, 2.05) is 13.8 Å². The van der Waals surface area contributed by atoms with Gasteiger partial charge in [0.25, 0.3) is 5.56 Å². The summed E-state index contributed by atoms with van der Waals surface area (Å²) in [7, 11) is 0. The highest BCUT2D eigenvalue weighted by Crippen LogP contribution is 2.24. The highest BCUT2D eigenvalue weighted by atomic mass is 19.1. The number of hydrogen-bond acceptors (Lipinski definition) is 1. The summed E-state index contributed by atoms with van der Waals surface area (Å²) in [5.74, 6) is -0.149. The van der Waals surface area contributed by atoms with Crippen molar-refractivity contribution in [2.75, 3.05) is 0 Å². The standard InChI is InChI=1S/C12H12FNO/c1-7(2)9-6-14-12(15)8-4-3-5-10(13)11(8)9/h3-7H,1-2H3,(H,14,15). The van der Waals surface area contributed by atoms with Gasteiger partial charge in [-0.2, -0.15) is 0 Å². The monoisotopic (exact) mass is 205 g/mol. The average molecular weight is 205 g/mol. The second-order valence-electron chi connectivity index (χ2n) is 3.89. The predicted molar refractivity (Wildman–Crippen MR) is 58.6 cm³/mol. The smallest absolute Gasteiger partial charge is 0.255 e. The molecule has 0 saturated carbocycles. The molecule has 0 aliphatic heterocycles. The molecule has 0 radical (unpaired) electrons. The number of fused-ring (bicyclic) bond motifs is 1. The first-order chi connectivity index (χ1) is 7.11. The number of hydrogen-bond donors (Lipinski definition) is 1. The molecule has 0 aliphatic rings. The van der Waals surface area contributed by atoms with E-state index in [2.05, 4.69) is 4.98 Å². The Morgan fingerprint density at radius 3 is 2.73 bits per heavy atom. The Bertz CT molecular complexity index is 557. The quantitative estimate of drug-likeness (QED) is 0.762. The molecule has 0 bridgehead atoms. The van der Waals surface area contributed by atoms with E-state index in [0.29, 0.717) is 10.8 Å². The SMILES string of the molecule is CC(C)c1c[nH]c(=O)c2cccc(F)c12. The van der Waals surface area contributed by atoms with Gasteiger partial charge >= 0.3 is 0 Å². The second-order valence-corrected chi connectivity index (χ2v) is 3.89. The third kappa shape index (κ3) is 1.54. The Morgan fingerprint density at radius 1 is 1.33 bits per heavy atom. The minimum absolute atomic E-state index is 0.182. The van der Waals surface area contributed by atoms with E-state index >= 15 is 0 Å². The molecule has 3 heteroatoms. The maximum Gasteiger partial charge on any atom is 0.255 e. The summed E-state index contributed by atoms with van der Waals surface area (Å²) in [6.45, 7) is 3.94. The summed E-state index contributed by atoms with van der Waals surface area (Å²) >= 11 is 0. The fourth-order valence-corrected chi connectivity index (χ4v) is 1.76. The van der Waals surface area contributed by atoms with Gasteiger partial charge < -0.3 is 4.98 Å². The van der Waals surface area contributed by atoms with Crippen LogP contribution >= 0.6 is 0 Å². The third-order valence-corrected chi connectivity index (χ3v) is 2.53. The van der Waals surface area contributed by atoms with Gasteiger partial charge in [-0.3, -0.25) is 4.79 Å². The summed E-state index contributed by atoms with van der Waals surface area (Å²) in [4.78, 5) is 14.1. The van der Waals surface area contributed by atoms with Crippen molar-refractivity contribution in [1.29, 1.82) is 0 Å². The Morgan fingerprint density at radius 2 is 2.07 bits per heavy atom. The Labute approximate surface area is 86.8 Å². The van der Waals surface area contributed by atoms with E-state index in [9.17, 15) is 9.18 Å². The van der Waals surface area contributed by atoms with E-state index < -0.39 is 0 Å². The first kappa shape index (κ1) is 9.90. The van der Waals surface area contributed by atoms with Gasteiger partial charge in [-0.15, -0.1) is 0 Å². The van der Waals surface area contributed by atoms with E-state index in [1.165, 1.54) is 6.07 Å². The topological polar surface area (TPSA) is 32.9 Å². The van der Waals surface area contributed by atoms with Crippen molar-refractivity contribution in [1.82, 2.24) is 4.98 Å². The summed E-state index contributed by atoms with van der Waals surface area (Å²) in [5.41, 5.74) is 0.594. The lowest BCUT2D eigenvalue weighted by Crippen LogP contribution is -2.08. The molecule has 15 heavy (non-hydrogen) atoms. The maximum atomic E-state index is 13.6. The van der Waals surface area contributed by atoms with Gasteiger partial charge in [-0.05, 0) is 23.6 Å². The highest BCUT2D eigenvalue weighted by Gasteiger charge is 2.11. The molecule has 0 atom stereocenters. The van der Waals surface area contributed by atoms with Crippen LogP contribution in [-0.4, -0.2) is 4.98 Å². The van der Waals surface area contributed by atoms with Crippen LogP contribution in [-0.2, 0) is 0 Å². The molecule has 2 rings (SSSR count). The maximum absolute atomic E-state index is 13.6. The zero-order valence-corrected chi connectivity index (χ0v) is 8.67. The molecule has 0 aliphatic carbocycles. The van der Waals surface area contributed by atoms with Crippen LogP contribution in [0.25, 0.3) is 10.8 Å². The van der Waals surface area contributed by atoms with Crippen LogP contribution in [0.1, 0.15) is 25.3 Å². The van der Waals surface area contributed by atoms with Gasteiger partial charge in [0.1, 0.15) is 5.82 Å². The first-order valence-corrected chi connectivity index (χ1v) is 4.91. The molecule has 2 nitrogen and oxygen atoms in total. The minimum atomic E-state index is -0.331. The van der Waals surface area contributed by atoms with E-state index in [4.69, 9.17) is 0 Å². The van der Waals surface area contributed by atoms with Crippen LogP contribution < -0.4 is 5.56 Å². The van der Waals surface area contributed by atoms with Gasteiger partial charge in [-0.1, -0.05) is 19.9 Å². The van der Waals surface area contributed by atoms with Crippen LogP contribution in [0.4, 0.5) is 4.39 Å². The number of aromatic nitrogens is 1. The van der Waals surface area contributed by atoms with Gasteiger partial charge in [0, 0.05) is 11.6 Å². The molecule has 1 aromatic heterocycles. The lowest BCUT2D eigenvalue weighted by atomic mass is 9.98. The van der Waals surface area contributed by atoms with Crippen molar-refractivity contribution in [3.63, 3.8) is 0 Å². The number of aromatic amines is 1. The number of rotatable bonds is 1. The highest BCUT2D eigenvalue weighted by molar-refractivity contribution is 5.85. The molecule has 0 spiro atoms. The van der Waals surface area contributed by atoms with Crippen molar-refractivity contribution in [3.8, 4) is 0 Å². The molecule has 1 aromatic carbocycles. The van der Waals surface area contributed by atoms with Crippen LogP contribution in [0, 0.1) is 5.82 Å². The summed E-state index contributed by atoms with van der Waals surface area (Å²) in [6.07, 6.45) is 1.60. The van der Waals surface area contributed by atoms with Gasteiger partial charge in [-0.25, -0.2) is 4.39 Å². The normalized spacial score (nSPS) is 11.2. The molecule has 0 saturated heterocycles. The van der Waals surface area contributed by atoms with E-state index in [-0.39, 0.29) is 17.3 Å². The number of benzene rings is 1. The van der Waals surface area contributed by atoms with Gasteiger partial charge in [0.15, 0.2) is 0 Å². The predicted octanol–water partition coefficient (Wildman–Crippen LogP) is 2.79. The van der Waals surface area contributed by atoms with Gasteiger partial charge in [0.05, 0.1) is 5.39 Å². The fraction of sp³-hybridized carbons (Fsp3) is 0.250. The van der Waals surface area contributed by atoms with Crippen LogP contribution in [0.2, 0.25) is 0 Å². The Kier molecular flexibility index (Phi) is 2.31. The molecule has 2 aromatic rings. The number of pyridine rings is 1. The second kappa shape index (κ2) is 3.50. The molecule has 1 heterocycles. The lowest BCUT2D eigenvalue weighted by molar-refractivity contribution is 0.637. The van der Waals surface area contributed by atoms with Crippen molar-refractivity contribution in [2.45, 2.75) is 19.8 Å². The summed E-state index contributed by atoms with van der Waals surface area (Å²) in [5, 5.41) is 0.859. The minimum Gasteiger partial charge on any atom is -0.328 e. The molecule has 0 amide bonds. The molecular formula is C12H12FNO. The lowest BCUT2D eigenvalue weighted by Gasteiger charge is -2.09. The van der Waals surface area contributed by atoms with E-state index in [0.717, 1.165) is 5.56 Å². The summed E-state index contributed by atoms with van der Waals surface area (Å²) < 4.78 is 13.6. The third-order valence-electron chi connectivity index (χ3n) is 2.53. The first-order valence-electron chi connectivity index (χ1n) is 4.91. The number of halogens is 1. The van der Waals surface area contributed by atoms with Crippen LogP contribution in [0.3, 0.4) is 0 Å². The largest absolute Gasteiger partial charge is 0.328 e. The van der Waals surface area contributed by atoms with Crippen molar-refractivity contribution in [3.05, 3.63) is 46.1 Å². The Hall–Kier alpha value is -1.64. The molecule has 0 unspecified atom stereocenters.